The van der Waals surface area contributed by atoms with Gasteiger partial charge in [-0.2, -0.15) is 0 Å². The predicted molar refractivity (Wildman–Crippen MR) is 249 cm³/mol. The first-order chi connectivity index (χ1) is 28.7. The second-order valence-corrected chi connectivity index (χ2v) is 16.7. The number of ether oxygens (including phenoxy) is 1. The summed E-state index contributed by atoms with van der Waals surface area (Å²) in [5.41, 5.74) is 16.7. The Morgan fingerprint density at radius 3 is 1.27 bits per heavy atom. The maximum absolute atomic E-state index is 5.55. The van der Waals surface area contributed by atoms with Gasteiger partial charge in [0.1, 0.15) is 5.75 Å². The number of rotatable bonds is 10. The molecule has 8 aromatic carbocycles. The van der Waals surface area contributed by atoms with Crippen LogP contribution in [0.25, 0.3) is 22.3 Å². The Hall–Kier alpha value is -6.84. The van der Waals surface area contributed by atoms with E-state index in [1.165, 1.54) is 44.5 Å². The van der Waals surface area contributed by atoms with Gasteiger partial charge in [-0.15, -0.1) is 0 Å². The minimum atomic E-state index is -0.163. The molecule has 0 aliphatic heterocycles. The van der Waals surface area contributed by atoms with Gasteiger partial charge < -0.3 is 14.5 Å². The highest BCUT2D eigenvalue weighted by Gasteiger charge is 2.46. The van der Waals surface area contributed by atoms with Gasteiger partial charge in [0.2, 0.25) is 0 Å². The predicted octanol–water partition coefficient (Wildman–Crippen LogP) is 15.3. The number of hydrogen-bond acceptors (Lipinski definition) is 3. The zero-order chi connectivity index (χ0) is 40.6. The molecule has 0 fully saturated rings. The molecule has 0 saturated carbocycles. The lowest BCUT2D eigenvalue weighted by atomic mass is 9.75. The van der Waals surface area contributed by atoms with E-state index < -0.39 is 0 Å². The summed E-state index contributed by atoms with van der Waals surface area (Å²) < 4.78 is 5.55. The van der Waals surface area contributed by atoms with Gasteiger partial charge >= 0.3 is 0 Å². The molecule has 3 heteroatoms. The summed E-state index contributed by atoms with van der Waals surface area (Å²) in [5, 5.41) is 0. The molecule has 0 heterocycles. The van der Waals surface area contributed by atoms with Crippen LogP contribution < -0.4 is 14.5 Å². The lowest BCUT2D eigenvalue weighted by Crippen LogP contribution is -2.23. The first kappa shape index (κ1) is 37.7. The number of aryl methyl sites for hydroxylation is 1. The number of hydrogen-bond donors (Lipinski definition) is 0. The molecule has 0 saturated heterocycles. The van der Waals surface area contributed by atoms with Crippen LogP contribution in [0.2, 0.25) is 0 Å². The third-order valence-electron chi connectivity index (χ3n) is 12.2. The van der Waals surface area contributed by atoms with Gasteiger partial charge in [0.15, 0.2) is 0 Å². The number of nitrogens with zero attached hydrogens (tertiary/aromatic N) is 2. The van der Waals surface area contributed by atoms with Crippen LogP contribution in [0.5, 0.6) is 5.75 Å². The number of methoxy groups -OCH3 is 1. The molecule has 0 N–H and O–H groups in total. The van der Waals surface area contributed by atoms with Crippen LogP contribution in [0.3, 0.4) is 0 Å². The van der Waals surface area contributed by atoms with Crippen LogP contribution in [0.15, 0.2) is 200 Å². The lowest BCUT2D eigenvalue weighted by molar-refractivity contribution is 0.415. The van der Waals surface area contributed by atoms with E-state index in [0.29, 0.717) is 0 Å². The van der Waals surface area contributed by atoms with Crippen molar-refractivity contribution in [1.29, 1.82) is 0 Å². The summed E-state index contributed by atoms with van der Waals surface area (Å²) in [7, 11) is 1.72. The van der Waals surface area contributed by atoms with Crippen LogP contribution in [-0.4, -0.2) is 7.11 Å². The molecule has 0 radical (unpaired) electrons. The quantitative estimate of drug-likeness (QED) is 0.138. The summed E-state index contributed by atoms with van der Waals surface area (Å²) in [6.45, 7) is 9.38. The molecule has 0 aromatic heterocycles. The minimum absolute atomic E-state index is 0.0457. The number of anilines is 6. The van der Waals surface area contributed by atoms with E-state index in [1.54, 1.807) is 7.11 Å². The van der Waals surface area contributed by atoms with Crippen molar-refractivity contribution in [3.63, 3.8) is 0 Å². The molecule has 8 aromatic rings. The second-order valence-electron chi connectivity index (χ2n) is 16.7. The zero-order valence-corrected chi connectivity index (χ0v) is 34.6. The molecule has 0 bridgehead atoms. The smallest absolute Gasteiger partial charge is 0.119 e. The van der Waals surface area contributed by atoms with Crippen molar-refractivity contribution in [3.8, 4) is 28.0 Å². The first-order valence-corrected chi connectivity index (χ1v) is 20.6. The normalized spacial score (nSPS) is 15.3. The molecule has 9 rings (SSSR count). The monoisotopic (exact) mass is 766 g/mol. The van der Waals surface area contributed by atoms with E-state index >= 15 is 0 Å². The zero-order valence-electron chi connectivity index (χ0n) is 34.6. The van der Waals surface area contributed by atoms with Crippen molar-refractivity contribution < 1.29 is 4.74 Å². The van der Waals surface area contributed by atoms with Gasteiger partial charge in [0.05, 0.1) is 7.11 Å². The Morgan fingerprint density at radius 2 is 0.797 bits per heavy atom. The maximum atomic E-state index is 5.55. The number of fused-ring (bicyclic) bond motifs is 1. The van der Waals surface area contributed by atoms with Gasteiger partial charge in [0, 0.05) is 39.5 Å². The summed E-state index contributed by atoms with van der Waals surface area (Å²) in [4.78, 5) is 4.72. The highest BCUT2D eigenvalue weighted by Crippen LogP contribution is 2.54. The van der Waals surface area contributed by atoms with E-state index in [1.807, 2.05) is 12.1 Å². The van der Waals surface area contributed by atoms with E-state index in [4.69, 9.17) is 4.74 Å². The Kier molecular flexibility index (Phi) is 9.90. The topological polar surface area (TPSA) is 15.7 Å². The van der Waals surface area contributed by atoms with Crippen LogP contribution in [0, 0.1) is 6.92 Å². The van der Waals surface area contributed by atoms with Crippen molar-refractivity contribution in [1.82, 2.24) is 0 Å². The molecule has 290 valence electrons. The third kappa shape index (κ3) is 7.30. The second kappa shape index (κ2) is 15.5. The van der Waals surface area contributed by atoms with Crippen LogP contribution in [0.1, 0.15) is 49.4 Å². The highest BCUT2D eigenvalue weighted by atomic mass is 16.5. The Morgan fingerprint density at radius 1 is 0.407 bits per heavy atom. The molecule has 1 aliphatic carbocycles. The molecule has 1 unspecified atom stereocenters. The van der Waals surface area contributed by atoms with Gasteiger partial charge in [-0.1, -0.05) is 142 Å². The van der Waals surface area contributed by atoms with Gasteiger partial charge in [-0.25, -0.2) is 0 Å². The molecular formula is C56H50N2O. The van der Waals surface area contributed by atoms with E-state index in [2.05, 4.69) is 226 Å². The SMILES string of the molecule is COc1ccc(N(c2ccc(-c3ccccc3)cc2)c2ccc3c(c2)C(C)(C)CC3(C)c2ccc(N(c3ccc(C)cc3)c3ccc(-c4ccccc4)cc3)cc2)cc1. The number of benzene rings is 8. The Balaban J connectivity index is 1.07. The van der Waals surface area contributed by atoms with Crippen LogP contribution in [-0.2, 0) is 10.8 Å². The van der Waals surface area contributed by atoms with E-state index in [-0.39, 0.29) is 10.8 Å². The van der Waals surface area contributed by atoms with Crippen molar-refractivity contribution >= 4 is 34.1 Å². The molecule has 0 amide bonds. The summed E-state index contributed by atoms with van der Waals surface area (Å²) in [6.07, 6.45) is 1.01. The van der Waals surface area contributed by atoms with E-state index in [9.17, 15) is 0 Å². The molecule has 1 aliphatic rings. The fourth-order valence-corrected chi connectivity index (χ4v) is 9.21. The standard InChI is InChI=1S/C56H50N2O/c1-40-16-24-46(25-17-40)57(47-26-18-43(19-27-47)41-12-8-6-9-13-41)49-30-22-45(23-31-49)56(4)39-55(2,3)54-38-51(34-37-53(54)56)58(50-32-35-52(59-5)36-33-50)48-28-20-44(21-29-48)42-14-10-7-11-15-42/h6-38H,39H2,1-5H3. The highest BCUT2D eigenvalue weighted by molar-refractivity contribution is 5.81. The largest absolute Gasteiger partial charge is 0.497 e. The maximum Gasteiger partial charge on any atom is 0.119 e. The third-order valence-corrected chi connectivity index (χ3v) is 12.2. The fourth-order valence-electron chi connectivity index (χ4n) is 9.21. The van der Waals surface area contributed by atoms with Crippen molar-refractivity contribution in [2.24, 2.45) is 0 Å². The van der Waals surface area contributed by atoms with E-state index in [0.717, 1.165) is 46.3 Å². The average Bonchev–Trinajstić information content (AvgIpc) is 3.50. The van der Waals surface area contributed by atoms with Crippen molar-refractivity contribution in [2.45, 2.75) is 44.9 Å². The molecule has 1 atom stereocenters. The molecule has 59 heavy (non-hydrogen) atoms. The van der Waals surface area contributed by atoms with Gasteiger partial charge in [0.25, 0.3) is 0 Å². The van der Waals surface area contributed by atoms with Gasteiger partial charge in [-0.3, -0.25) is 0 Å². The minimum Gasteiger partial charge on any atom is -0.497 e. The fraction of sp³-hybridized carbons (Fsp3) is 0.143. The van der Waals surface area contributed by atoms with Crippen LogP contribution >= 0.6 is 0 Å². The molecule has 0 spiro atoms. The van der Waals surface area contributed by atoms with Gasteiger partial charge in [-0.05, 0) is 143 Å². The lowest BCUT2D eigenvalue weighted by Gasteiger charge is -2.30. The summed E-state index contributed by atoms with van der Waals surface area (Å²) in [5.74, 6) is 0.841. The first-order valence-electron chi connectivity index (χ1n) is 20.6. The van der Waals surface area contributed by atoms with Crippen molar-refractivity contribution in [2.75, 3.05) is 16.9 Å². The molecule has 3 nitrogen and oxygen atoms in total. The van der Waals surface area contributed by atoms with Crippen molar-refractivity contribution in [3.05, 3.63) is 222 Å². The van der Waals surface area contributed by atoms with Crippen LogP contribution in [0.4, 0.5) is 34.1 Å². The Bertz CT molecular complexity index is 2670. The average molecular weight is 767 g/mol. The summed E-state index contributed by atoms with van der Waals surface area (Å²) in [6, 6.07) is 72.6. The molecular weight excluding hydrogens is 717 g/mol. The summed E-state index contributed by atoms with van der Waals surface area (Å²) >= 11 is 0. The Labute approximate surface area is 349 Å².